The highest BCUT2D eigenvalue weighted by atomic mass is 35.5. The summed E-state index contributed by atoms with van der Waals surface area (Å²) in [4.78, 5) is 43.3. The summed E-state index contributed by atoms with van der Waals surface area (Å²) in [6, 6.07) is 0.446. The van der Waals surface area contributed by atoms with Crippen LogP contribution in [0, 0.1) is 17.3 Å². The Balaban J connectivity index is 1.63. The number of Topliss-reactive ketones (excluding diaryl/α,β-unsaturated/α-hetero) is 2. The Morgan fingerprint density at radius 1 is 1.22 bits per heavy atom. The molecule has 1 aliphatic heterocycles. The van der Waals surface area contributed by atoms with Gasteiger partial charge in [0.2, 0.25) is 5.78 Å². The fraction of sp³-hybridized carbons (Fsp3) is 0.567. The molecule has 0 aromatic heterocycles. The number of allylic oxidation sites excluding steroid dienone is 1. The number of aromatic hydroxyl groups is 1. The van der Waals surface area contributed by atoms with E-state index in [-0.39, 0.29) is 41.2 Å². The van der Waals surface area contributed by atoms with Gasteiger partial charge in [0, 0.05) is 29.1 Å². The Kier molecular flexibility index (Phi) is 7.09. The third-order valence-corrected chi connectivity index (χ3v) is 9.53. The van der Waals surface area contributed by atoms with Crippen molar-refractivity contribution in [3.63, 3.8) is 0 Å². The van der Waals surface area contributed by atoms with Gasteiger partial charge < -0.3 is 26.2 Å². The third kappa shape index (κ3) is 4.38. The average Bonchev–Trinajstić information content (AvgIpc) is 3.29. The van der Waals surface area contributed by atoms with Crippen molar-refractivity contribution in [2.75, 3.05) is 27.2 Å². The number of phenolic OH excluding ortho intramolecular Hbond substituents is 1. The monoisotopic (exact) mass is 587 g/mol. The molecule has 222 valence electrons. The van der Waals surface area contributed by atoms with Gasteiger partial charge in [0.05, 0.1) is 11.6 Å². The lowest BCUT2D eigenvalue weighted by Crippen LogP contribution is -2.63. The molecule has 0 radical (unpaired) electrons. The number of primary amides is 1. The molecule has 6 N–H and O–H groups in total. The minimum absolute atomic E-state index is 0.0205. The summed E-state index contributed by atoms with van der Waals surface area (Å²) < 4.78 is 0. The predicted molar refractivity (Wildman–Crippen MR) is 152 cm³/mol. The van der Waals surface area contributed by atoms with Crippen molar-refractivity contribution in [1.82, 2.24) is 9.80 Å². The highest BCUT2D eigenvalue weighted by molar-refractivity contribution is 6.33. The van der Waals surface area contributed by atoms with Crippen molar-refractivity contribution in [2.24, 2.45) is 23.0 Å². The molecule has 11 heteroatoms. The number of nitrogens with two attached hydrogens (primary N) is 1. The molecule has 10 nitrogen and oxygen atoms in total. The van der Waals surface area contributed by atoms with E-state index in [0.29, 0.717) is 10.6 Å². The van der Waals surface area contributed by atoms with Crippen LogP contribution in [-0.2, 0) is 16.0 Å². The minimum Gasteiger partial charge on any atom is -0.510 e. The standard InChI is InChI=1S/C30H38ClN3O7/c1-29(2,3)12-34-8-6-7-17(34)14-11-18(35)20-15(22(14)31)9-13-10-16-23(33(4)5)25(37)21(28(32)40)27(39)30(16,41)26(38)19(13)24(20)36/h11,13,16-17,23,35,37-38,41H,6-10,12H2,1-5H3,(H2,32,40)/t13-,16-,17?,23-,30-/m0/s1. The number of aliphatic hydroxyl groups is 3. The van der Waals surface area contributed by atoms with Crippen molar-refractivity contribution >= 4 is 29.1 Å². The Morgan fingerprint density at radius 3 is 2.46 bits per heavy atom. The number of carbonyl (C=O) groups excluding carboxylic acids is 3. The van der Waals surface area contributed by atoms with Crippen LogP contribution in [0.3, 0.4) is 0 Å². The SMILES string of the molecule is CN(C)[C@@H]1C(O)=C(C(N)=O)C(=O)[C@@]2(O)C(O)=C3C(=O)c4c(O)cc(C5CCCN5CC(C)(C)C)c(Cl)c4C[C@H]3C[C@@H]12. The van der Waals surface area contributed by atoms with Gasteiger partial charge in [-0.05, 0) is 74.8 Å². The lowest BCUT2D eigenvalue weighted by atomic mass is 9.58. The fourth-order valence-corrected chi connectivity index (χ4v) is 7.89. The van der Waals surface area contributed by atoms with Crippen LogP contribution in [0.25, 0.3) is 0 Å². The number of benzene rings is 1. The van der Waals surface area contributed by atoms with Crippen LogP contribution < -0.4 is 5.73 Å². The van der Waals surface area contributed by atoms with Gasteiger partial charge in [0.25, 0.3) is 5.91 Å². The Morgan fingerprint density at radius 2 is 1.88 bits per heavy atom. The van der Waals surface area contributed by atoms with Crippen LogP contribution in [0.15, 0.2) is 28.7 Å². The zero-order chi connectivity index (χ0) is 30.3. The van der Waals surface area contributed by atoms with Gasteiger partial charge in [-0.25, -0.2) is 0 Å². The number of aliphatic hydroxyl groups excluding tert-OH is 2. The third-order valence-electron chi connectivity index (χ3n) is 9.08. The topological polar surface area (TPSA) is 165 Å². The summed E-state index contributed by atoms with van der Waals surface area (Å²) in [5.41, 5.74) is 2.87. The van der Waals surface area contributed by atoms with Crippen molar-refractivity contribution in [3.05, 3.63) is 50.4 Å². The summed E-state index contributed by atoms with van der Waals surface area (Å²) >= 11 is 7.01. The van der Waals surface area contributed by atoms with Crippen LogP contribution in [0.2, 0.25) is 5.02 Å². The molecule has 41 heavy (non-hydrogen) atoms. The van der Waals surface area contributed by atoms with E-state index in [1.54, 1.807) is 14.1 Å². The Hall–Kier alpha value is -2.92. The number of halogens is 1. The zero-order valence-corrected chi connectivity index (χ0v) is 24.7. The van der Waals surface area contributed by atoms with Gasteiger partial charge in [-0.15, -0.1) is 0 Å². The number of fused-ring (bicyclic) bond motifs is 3. The van der Waals surface area contributed by atoms with E-state index in [1.165, 1.54) is 11.0 Å². The molecule has 0 saturated carbocycles. The molecule has 1 heterocycles. The molecule has 1 amide bonds. The summed E-state index contributed by atoms with van der Waals surface area (Å²) in [5, 5.41) is 45.6. The maximum absolute atomic E-state index is 13.9. The van der Waals surface area contributed by atoms with Crippen LogP contribution in [-0.4, -0.2) is 86.5 Å². The van der Waals surface area contributed by atoms with Gasteiger partial charge in [-0.2, -0.15) is 0 Å². The molecule has 0 bridgehead atoms. The van der Waals surface area contributed by atoms with E-state index in [0.717, 1.165) is 31.5 Å². The number of ketones is 2. The van der Waals surface area contributed by atoms with Crippen molar-refractivity contribution in [1.29, 1.82) is 0 Å². The summed E-state index contributed by atoms with van der Waals surface area (Å²) in [7, 11) is 3.19. The zero-order valence-electron chi connectivity index (χ0n) is 24.0. The van der Waals surface area contributed by atoms with Crippen LogP contribution >= 0.6 is 11.6 Å². The second-order valence-electron chi connectivity index (χ2n) is 13.3. The molecule has 1 aromatic carbocycles. The Labute approximate surface area is 244 Å². The molecule has 4 aliphatic rings. The second kappa shape index (κ2) is 9.83. The first-order chi connectivity index (χ1) is 19.0. The second-order valence-corrected chi connectivity index (χ2v) is 13.7. The molecular formula is C30H38ClN3O7. The maximum Gasteiger partial charge on any atom is 0.255 e. The summed E-state index contributed by atoms with van der Waals surface area (Å²) in [5.74, 6) is -6.76. The van der Waals surface area contributed by atoms with E-state index in [2.05, 4.69) is 25.7 Å². The highest BCUT2D eigenvalue weighted by Crippen LogP contribution is 2.54. The first kappa shape index (κ1) is 29.6. The minimum atomic E-state index is -2.67. The van der Waals surface area contributed by atoms with Crippen molar-refractivity contribution < 1.29 is 34.8 Å². The number of amides is 1. The molecule has 5 atom stereocenters. The summed E-state index contributed by atoms with van der Waals surface area (Å²) in [6.07, 6.45) is 2.02. The first-order valence-corrected chi connectivity index (χ1v) is 14.3. The average molecular weight is 588 g/mol. The van der Waals surface area contributed by atoms with E-state index in [1.807, 2.05) is 0 Å². The number of carbonyl (C=O) groups is 3. The van der Waals surface area contributed by atoms with E-state index >= 15 is 0 Å². The van der Waals surface area contributed by atoms with Crippen molar-refractivity contribution in [3.8, 4) is 5.75 Å². The molecular weight excluding hydrogens is 550 g/mol. The number of phenols is 1. The number of hydrogen-bond acceptors (Lipinski definition) is 9. The molecule has 1 aromatic rings. The van der Waals surface area contributed by atoms with Crippen LogP contribution in [0.4, 0.5) is 0 Å². The Bertz CT molecular complexity index is 1430. The lowest BCUT2D eigenvalue weighted by Gasteiger charge is -2.50. The number of rotatable bonds is 4. The highest BCUT2D eigenvalue weighted by Gasteiger charge is 2.63. The number of likely N-dealkylation sites (tertiary alicyclic amines) is 1. The number of hydrogen-bond donors (Lipinski definition) is 5. The van der Waals surface area contributed by atoms with E-state index < -0.39 is 58.0 Å². The quantitative estimate of drug-likeness (QED) is 0.333. The normalized spacial score (nSPS) is 30.5. The number of likely N-dealkylation sites (N-methyl/N-ethyl adjacent to an activating group) is 1. The number of nitrogens with zero attached hydrogens (tertiary/aromatic N) is 2. The molecule has 1 saturated heterocycles. The van der Waals surface area contributed by atoms with Gasteiger partial charge in [-0.3, -0.25) is 24.2 Å². The largest absolute Gasteiger partial charge is 0.510 e. The first-order valence-electron chi connectivity index (χ1n) is 13.9. The van der Waals surface area contributed by atoms with Crippen LogP contribution in [0.1, 0.15) is 67.6 Å². The maximum atomic E-state index is 13.9. The van der Waals surface area contributed by atoms with Gasteiger partial charge in [0.15, 0.2) is 11.4 Å². The molecule has 1 fully saturated rings. The van der Waals surface area contributed by atoms with E-state index in [4.69, 9.17) is 17.3 Å². The predicted octanol–water partition coefficient (Wildman–Crippen LogP) is 2.96. The van der Waals surface area contributed by atoms with Gasteiger partial charge in [0.1, 0.15) is 22.8 Å². The fourth-order valence-electron chi connectivity index (χ4n) is 7.54. The van der Waals surface area contributed by atoms with E-state index in [9.17, 15) is 34.8 Å². The van der Waals surface area contributed by atoms with Crippen LogP contribution in [0.5, 0.6) is 5.75 Å². The van der Waals surface area contributed by atoms with Gasteiger partial charge >= 0.3 is 0 Å². The van der Waals surface area contributed by atoms with Crippen molar-refractivity contribution in [2.45, 2.75) is 64.1 Å². The molecule has 1 unspecified atom stereocenters. The molecule has 3 aliphatic carbocycles. The summed E-state index contributed by atoms with van der Waals surface area (Å²) in [6.45, 7) is 8.21. The van der Waals surface area contributed by atoms with Gasteiger partial charge in [-0.1, -0.05) is 32.4 Å². The smallest absolute Gasteiger partial charge is 0.255 e. The molecule has 5 rings (SSSR count). The molecule has 0 spiro atoms. The lowest BCUT2D eigenvalue weighted by molar-refractivity contribution is -0.148.